The summed E-state index contributed by atoms with van der Waals surface area (Å²) in [6.45, 7) is 0.193. The molecule has 1 fully saturated rings. The molecule has 0 aromatic heterocycles. The molecule has 0 spiro atoms. The minimum absolute atomic E-state index is 0.0430. The van der Waals surface area contributed by atoms with Crippen LogP contribution in [0.2, 0.25) is 0 Å². The Kier molecular flexibility index (Phi) is 4.81. The van der Waals surface area contributed by atoms with E-state index in [1.807, 2.05) is 0 Å². The van der Waals surface area contributed by atoms with Crippen LogP contribution in [0.5, 0.6) is 5.75 Å². The van der Waals surface area contributed by atoms with Gasteiger partial charge in [0.2, 0.25) is 5.91 Å². The summed E-state index contributed by atoms with van der Waals surface area (Å²) in [5.74, 6) is 0.274. The van der Waals surface area contributed by atoms with Gasteiger partial charge in [-0.1, -0.05) is 18.6 Å². The lowest BCUT2D eigenvalue weighted by Crippen LogP contribution is -2.46. The van der Waals surface area contributed by atoms with E-state index < -0.39 is 5.41 Å². The van der Waals surface area contributed by atoms with E-state index >= 15 is 0 Å². The van der Waals surface area contributed by atoms with Gasteiger partial charge in [0, 0.05) is 5.69 Å². The number of amides is 1. The Morgan fingerprint density at radius 3 is 2.33 bits per heavy atom. The molecule has 0 radical (unpaired) electrons. The predicted molar refractivity (Wildman–Crippen MR) is 89.6 cm³/mol. The van der Waals surface area contributed by atoms with Crippen molar-refractivity contribution in [2.75, 3.05) is 18.5 Å². The van der Waals surface area contributed by atoms with Crippen LogP contribution in [-0.2, 0) is 10.2 Å². The van der Waals surface area contributed by atoms with Crippen LogP contribution < -0.4 is 10.1 Å². The molecule has 2 N–H and O–H groups in total. The molecular weight excluding hydrogens is 309 g/mol. The van der Waals surface area contributed by atoms with E-state index in [1.54, 1.807) is 36.4 Å². The van der Waals surface area contributed by atoms with E-state index in [4.69, 9.17) is 9.84 Å². The number of ether oxygens (including phenoxy) is 1. The lowest BCUT2D eigenvalue weighted by Gasteiger charge is -2.40. The second kappa shape index (κ2) is 7.01. The van der Waals surface area contributed by atoms with E-state index in [9.17, 15) is 9.18 Å². The van der Waals surface area contributed by atoms with Crippen molar-refractivity contribution in [2.45, 2.75) is 24.7 Å². The standard InChI is InChI=1S/C19H20FNO3/c20-15-4-2-14(3-5-15)19(10-1-11-19)18(23)21-16-6-8-17(9-7-16)24-13-12-22/h2-9,22H,1,10-13H2,(H,21,23). The first-order valence-corrected chi connectivity index (χ1v) is 8.05. The molecule has 4 nitrogen and oxygen atoms in total. The number of rotatable bonds is 6. The molecule has 1 aliphatic rings. The third-order valence-electron chi connectivity index (χ3n) is 4.51. The summed E-state index contributed by atoms with van der Waals surface area (Å²) in [5.41, 5.74) is 0.972. The van der Waals surface area contributed by atoms with Gasteiger partial charge in [0.15, 0.2) is 0 Å². The molecule has 0 saturated heterocycles. The minimum atomic E-state index is -0.570. The van der Waals surface area contributed by atoms with Gasteiger partial charge in [0.25, 0.3) is 0 Å². The number of carbonyl (C=O) groups excluding carboxylic acids is 1. The molecule has 2 aromatic carbocycles. The Labute approximate surface area is 140 Å². The average molecular weight is 329 g/mol. The van der Waals surface area contributed by atoms with Crippen molar-refractivity contribution in [2.24, 2.45) is 0 Å². The first kappa shape index (κ1) is 16.5. The van der Waals surface area contributed by atoms with Crippen molar-refractivity contribution in [3.05, 3.63) is 59.9 Å². The van der Waals surface area contributed by atoms with Crippen LogP contribution in [-0.4, -0.2) is 24.2 Å². The monoisotopic (exact) mass is 329 g/mol. The lowest BCUT2D eigenvalue weighted by atomic mass is 9.64. The van der Waals surface area contributed by atoms with Gasteiger partial charge in [-0.25, -0.2) is 4.39 Å². The molecule has 1 aliphatic carbocycles. The maximum absolute atomic E-state index is 13.1. The second-order valence-electron chi connectivity index (χ2n) is 5.99. The normalized spacial score (nSPS) is 15.4. The number of halogens is 1. The summed E-state index contributed by atoms with van der Waals surface area (Å²) in [6, 6.07) is 13.2. The van der Waals surface area contributed by atoms with E-state index in [2.05, 4.69) is 5.32 Å². The fourth-order valence-electron chi connectivity index (χ4n) is 2.99. The van der Waals surface area contributed by atoms with Gasteiger partial charge >= 0.3 is 0 Å². The summed E-state index contributed by atoms with van der Waals surface area (Å²) in [4.78, 5) is 12.8. The quantitative estimate of drug-likeness (QED) is 0.855. The van der Waals surface area contributed by atoms with Crippen LogP contribution in [0.15, 0.2) is 48.5 Å². The molecule has 0 heterocycles. The molecule has 0 unspecified atom stereocenters. The van der Waals surface area contributed by atoms with Gasteiger partial charge in [-0.15, -0.1) is 0 Å². The number of aliphatic hydroxyl groups excluding tert-OH is 1. The fourth-order valence-corrected chi connectivity index (χ4v) is 2.99. The van der Waals surface area contributed by atoms with Crippen LogP contribution in [0.25, 0.3) is 0 Å². The molecule has 126 valence electrons. The lowest BCUT2D eigenvalue weighted by molar-refractivity contribution is -0.124. The number of nitrogens with one attached hydrogen (secondary N) is 1. The summed E-state index contributed by atoms with van der Waals surface area (Å²) in [5, 5.41) is 11.7. The fraction of sp³-hybridized carbons (Fsp3) is 0.316. The second-order valence-corrected chi connectivity index (χ2v) is 5.99. The van der Waals surface area contributed by atoms with Crippen LogP contribution in [0.3, 0.4) is 0 Å². The number of aliphatic hydroxyl groups is 1. The van der Waals surface area contributed by atoms with E-state index in [-0.39, 0.29) is 24.9 Å². The highest BCUT2D eigenvalue weighted by atomic mass is 19.1. The number of hydrogen-bond donors (Lipinski definition) is 2. The van der Waals surface area contributed by atoms with Gasteiger partial charge in [-0.05, 0) is 54.8 Å². The maximum atomic E-state index is 13.1. The van der Waals surface area contributed by atoms with Crippen LogP contribution in [0.1, 0.15) is 24.8 Å². The molecule has 0 atom stereocenters. The van der Waals surface area contributed by atoms with E-state index in [0.29, 0.717) is 11.4 Å². The highest BCUT2D eigenvalue weighted by Crippen LogP contribution is 2.44. The van der Waals surface area contributed by atoms with Crippen LogP contribution in [0, 0.1) is 5.82 Å². The molecule has 0 aliphatic heterocycles. The SMILES string of the molecule is O=C(Nc1ccc(OCCO)cc1)C1(c2ccc(F)cc2)CCC1. The Balaban J connectivity index is 1.72. The van der Waals surface area contributed by atoms with Crippen molar-refractivity contribution < 1.29 is 19.0 Å². The Morgan fingerprint density at radius 2 is 1.79 bits per heavy atom. The van der Waals surface area contributed by atoms with Gasteiger partial charge in [-0.2, -0.15) is 0 Å². The number of carbonyl (C=O) groups is 1. The number of hydrogen-bond acceptors (Lipinski definition) is 3. The summed E-state index contributed by atoms with van der Waals surface area (Å²) in [7, 11) is 0. The molecule has 3 rings (SSSR count). The van der Waals surface area contributed by atoms with Crippen molar-refractivity contribution in [3.63, 3.8) is 0 Å². The highest BCUT2D eigenvalue weighted by Gasteiger charge is 2.45. The molecule has 24 heavy (non-hydrogen) atoms. The van der Waals surface area contributed by atoms with Crippen molar-refractivity contribution in [1.29, 1.82) is 0 Å². The predicted octanol–water partition coefficient (Wildman–Crippen LogP) is 3.26. The zero-order valence-corrected chi connectivity index (χ0v) is 13.3. The van der Waals surface area contributed by atoms with Crippen LogP contribution >= 0.6 is 0 Å². The Hall–Kier alpha value is -2.40. The number of anilines is 1. The molecule has 1 amide bonds. The van der Waals surface area contributed by atoms with Crippen molar-refractivity contribution in [1.82, 2.24) is 0 Å². The van der Waals surface area contributed by atoms with Crippen LogP contribution in [0.4, 0.5) is 10.1 Å². The average Bonchev–Trinajstić information content (AvgIpc) is 2.55. The molecular formula is C19H20FNO3. The van der Waals surface area contributed by atoms with Gasteiger partial charge in [0.05, 0.1) is 12.0 Å². The smallest absolute Gasteiger partial charge is 0.235 e. The Morgan fingerprint density at radius 1 is 1.12 bits per heavy atom. The largest absolute Gasteiger partial charge is 0.491 e. The van der Waals surface area contributed by atoms with Gasteiger partial charge < -0.3 is 15.2 Å². The summed E-state index contributed by atoms with van der Waals surface area (Å²) >= 11 is 0. The Bertz CT molecular complexity index is 694. The van der Waals surface area contributed by atoms with Crippen molar-refractivity contribution in [3.8, 4) is 5.75 Å². The van der Waals surface area contributed by atoms with E-state index in [0.717, 1.165) is 24.8 Å². The first-order chi connectivity index (χ1) is 11.6. The van der Waals surface area contributed by atoms with E-state index in [1.165, 1.54) is 12.1 Å². The summed E-state index contributed by atoms with van der Waals surface area (Å²) < 4.78 is 18.4. The molecule has 0 bridgehead atoms. The topological polar surface area (TPSA) is 58.6 Å². The minimum Gasteiger partial charge on any atom is -0.491 e. The molecule has 1 saturated carbocycles. The number of benzene rings is 2. The zero-order chi connectivity index (χ0) is 17.0. The first-order valence-electron chi connectivity index (χ1n) is 8.05. The van der Waals surface area contributed by atoms with Crippen molar-refractivity contribution >= 4 is 11.6 Å². The highest BCUT2D eigenvalue weighted by molar-refractivity contribution is 5.99. The van der Waals surface area contributed by atoms with Gasteiger partial charge in [-0.3, -0.25) is 4.79 Å². The van der Waals surface area contributed by atoms with Gasteiger partial charge in [0.1, 0.15) is 18.2 Å². The third kappa shape index (κ3) is 3.26. The molecule has 2 aromatic rings. The third-order valence-corrected chi connectivity index (χ3v) is 4.51. The maximum Gasteiger partial charge on any atom is 0.235 e. The molecule has 5 heteroatoms. The zero-order valence-electron chi connectivity index (χ0n) is 13.3. The summed E-state index contributed by atoms with van der Waals surface area (Å²) in [6.07, 6.45) is 2.52.